The molecule has 1 aromatic carbocycles. The number of nitrogens with one attached hydrogen (secondary N) is 2. The number of nitrogens with zero attached hydrogens (tertiary/aromatic N) is 1. The number of likely N-dealkylation sites (N-methyl/N-ethyl adjacent to an activating group) is 1. The summed E-state index contributed by atoms with van der Waals surface area (Å²) in [5.41, 5.74) is 1.06. The van der Waals surface area contributed by atoms with E-state index in [9.17, 15) is 4.79 Å². The van der Waals surface area contributed by atoms with E-state index in [1.807, 2.05) is 25.2 Å². The first-order chi connectivity index (χ1) is 12.6. The molecule has 2 N–H and O–H groups in total. The lowest BCUT2D eigenvalue weighted by atomic mass is 9.95. The second-order valence-corrected chi connectivity index (χ2v) is 7.56. The maximum absolute atomic E-state index is 12.7. The minimum Gasteiger partial charge on any atom is -0.486 e. The second kappa shape index (κ2) is 8.73. The summed E-state index contributed by atoms with van der Waals surface area (Å²) < 4.78 is 11.3. The summed E-state index contributed by atoms with van der Waals surface area (Å²) >= 11 is 0. The Labute approximate surface area is 156 Å². The second-order valence-electron chi connectivity index (χ2n) is 7.56. The Morgan fingerprint density at radius 1 is 1.27 bits per heavy atom. The van der Waals surface area contributed by atoms with Gasteiger partial charge in [0.2, 0.25) is 5.91 Å². The number of fused-ring (bicyclic) bond motifs is 1. The van der Waals surface area contributed by atoms with Gasteiger partial charge in [0.1, 0.15) is 13.2 Å². The smallest absolute Gasteiger partial charge is 0.234 e. The van der Waals surface area contributed by atoms with Crippen LogP contribution < -0.4 is 20.1 Å². The molecule has 0 aliphatic carbocycles. The zero-order valence-corrected chi connectivity index (χ0v) is 16.1. The quantitative estimate of drug-likeness (QED) is 0.811. The van der Waals surface area contributed by atoms with Gasteiger partial charge in [0.25, 0.3) is 0 Å². The van der Waals surface area contributed by atoms with Crippen molar-refractivity contribution in [1.29, 1.82) is 0 Å². The molecule has 0 bridgehead atoms. The fraction of sp³-hybridized carbons (Fsp3) is 0.650. The standard InChI is InChI=1S/C20H31N3O3/c1-14(2)20(15-6-7-17-18(11-15)26-10-9-25-17)22-19(24)13-23-8-4-5-16(12-23)21-3/h6-7,11,14,16,20-21H,4-5,8-10,12-13H2,1-3H3,(H,22,24). The van der Waals surface area contributed by atoms with Crippen LogP contribution in [-0.4, -0.2) is 56.7 Å². The van der Waals surface area contributed by atoms with Gasteiger partial charge in [-0.25, -0.2) is 0 Å². The van der Waals surface area contributed by atoms with Crippen LogP contribution in [0.25, 0.3) is 0 Å². The molecule has 6 heteroatoms. The summed E-state index contributed by atoms with van der Waals surface area (Å²) in [7, 11) is 1.99. The molecule has 1 amide bonds. The molecular weight excluding hydrogens is 330 g/mol. The third kappa shape index (κ3) is 4.68. The van der Waals surface area contributed by atoms with Crippen LogP contribution in [0.2, 0.25) is 0 Å². The van der Waals surface area contributed by atoms with Gasteiger partial charge in [0, 0.05) is 12.6 Å². The average Bonchev–Trinajstić information content (AvgIpc) is 2.65. The first kappa shape index (κ1) is 19.0. The number of carbonyl (C=O) groups is 1. The molecule has 6 nitrogen and oxygen atoms in total. The average molecular weight is 361 g/mol. The number of benzene rings is 1. The van der Waals surface area contributed by atoms with Crippen molar-refractivity contribution < 1.29 is 14.3 Å². The summed E-state index contributed by atoms with van der Waals surface area (Å²) in [6.07, 6.45) is 2.31. The van der Waals surface area contributed by atoms with Gasteiger partial charge in [-0.2, -0.15) is 0 Å². The molecule has 1 aromatic rings. The van der Waals surface area contributed by atoms with Gasteiger partial charge in [-0.3, -0.25) is 9.69 Å². The highest BCUT2D eigenvalue weighted by Gasteiger charge is 2.24. The summed E-state index contributed by atoms with van der Waals surface area (Å²) in [5, 5.41) is 6.54. The summed E-state index contributed by atoms with van der Waals surface area (Å²) in [5.74, 6) is 1.91. The van der Waals surface area contributed by atoms with E-state index in [4.69, 9.17) is 9.47 Å². The predicted molar refractivity (Wildman–Crippen MR) is 102 cm³/mol. The van der Waals surface area contributed by atoms with Crippen molar-refractivity contribution in [2.24, 2.45) is 5.92 Å². The topological polar surface area (TPSA) is 62.8 Å². The van der Waals surface area contributed by atoms with Gasteiger partial charge in [0.15, 0.2) is 11.5 Å². The van der Waals surface area contributed by atoms with E-state index < -0.39 is 0 Å². The van der Waals surface area contributed by atoms with Gasteiger partial charge >= 0.3 is 0 Å². The number of rotatable bonds is 6. The van der Waals surface area contributed by atoms with Crippen LogP contribution in [0, 0.1) is 5.92 Å². The largest absolute Gasteiger partial charge is 0.486 e. The number of hydrogen-bond donors (Lipinski definition) is 2. The Morgan fingerprint density at radius 3 is 2.77 bits per heavy atom. The molecule has 26 heavy (non-hydrogen) atoms. The molecule has 144 valence electrons. The number of hydrogen-bond acceptors (Lipinski definition) is 5. The van der Waals surface area contributed by atoms with Gasteiger partial charge in [-0.1, -0.05) is 19.9 Å². The van der Waals surface area contributed by atoms with Crippen molar-refractivity contribution in [3.8, 4) is 11.5 Å². The maximum Gasteiger partial charge on any atom is 0.234 e. The van der Waals surface area contributed by atoms with Crippen LogP contribution in [-0.2, 0) is 4.79 Å². The van der Waals surface area contributed by atoms with E-state index in [-0.39, 0.29) is 17.9 Å². The van der Waals surface area contributed by atoms with Gasteiger partial charge < -0.3 is 20.1 Å². The third-order valence-corrected chi connectivity index (χ3v) is 5.19. The molecular formula is C20H31N3O3. The molecule has 0 radical (unpaired) electrons. The molecule has 0 saturated carbocycles. The molecule has 2 atom stereocenters. The molecule has 2 heterocycles. The highest BCUT2D eigenvalue weighted by Crippen LogP contribution is 2.34. The van der Waals surface area contributed by atoms with Crippen molar-refractivity contribution >= 4 is 5.91 Å². The van der Waals surface area contributed by atoms with Gasteiger partial charge in [-0.15, -0.1) is 0 Å². The Kier molecular flexibility index (Phi) is 6.38. The normalized spacial score (nSPS) is 21.5. The van der Waals surface area contributed by atoms with Crippen molar-refractivity contribution in [2.75, 3.05) is 39.9 Å². The molecule has 2 aliphatic rings. The number of likely N-dealkylation sites (tertiary alicyclic amines) is 1. The van der Waals surface area contributed by atoms with E-state index in [2.05, 4.69) is 29.4 Å². The first-order valence-corrected chi connectivity index (χ1v) is 9.65. The lowest BCUT2D eigenvalue weighted by Gasteiger charge is -2.33. The monoisotopic (exact) mass is 361 g/mol. The number of ether oxygens (including phenoxy) is 2. The lowest BCUT2D eigenvalue weighted by Crippen LogP contribution is -2.48. The Morgan fingerprint density at radius 2 is 2.04 bits per heavy atom. The highest BCUT2D eigenvalue weighted by atomic mass is 16.6. The number of carbonyl (C=O) groups excluding carboxylic acids is 1. The van der Waals surface area contributed by atoms with E-state index in [1.165, 1.54) is 6.42 Å². The minimum absolute atomic E-state index is 0.0387. The number of piperidine rings is 1. The summed E-state index contributed by atoms with van der Waals surface area (Å²) in [4.78, 5) is 14.9. The van der Waals surface area contributed by atoms with E-state index in [0.29, 0.717) is 25.8 Å². The van der Waals surface area contributed by atoms with Crippen LogP contribution in [0.1, 0.15) is 38.3 Å². The lowest BCUT2D eigenvalue weighted by molar-refractivity contribution is -0.123. The summed E-state index contributed by atoms with van der Waals surface area (Å²) in [6.45, 7) is 7.77. The van der Waals surface area contributed by atoms with E-state index >= 15 is 0 Å². The van der Waals surface area contributed by atoms with Crippen molar-refractivity contribution in [3.05, 3.63) is 23.8 Å². The highest BCUT2D eigenvalue weighted by molar-refractivity contribution is 5.78. The fourth-order valence-corrected chi connectivity index (χ4v) is 3.75. The molecule has 2 aliphatic heterocycles. The molecule has 2 unspecified atom stereocenters. The van der Waals surface area contributed by atoms with Crippen molar-refractivity contribution in [1.82, 2.24) is 15.5 Å². The Hall–Kier alpha value is -1.79. The zero-order valence-electron chi connectivity index (χ0n) is 16.1. The minimum atomic E-state index is -0.0387. The summed E-state index contributed by atoms with van der Waals surface area (Å²) in [6, 6.07) is 6.40. The van der Waals surface area contributed by atoms with Crippen LogP contribution in [0.15, 0.2) is 18.2 Å². The first-order valence-electron chi connectivity index (χ1n) is 9.65. The van der Waals surface area contributed by atoms with Gasteiger partial charge in [0.05, 0.1) is 12.6 Å². The third-order valence-electron chi connectivity index (χ3n) is 5.19. The molecule has 1 saturated heterocycles. The molecule has 3 rings (SSSR count). The van der Waals surface area contributed by atoms with Gasteiger partial charge in [-0.05, 0) is 50.0 Å². The van der Waals surface area contributed by atoms with Crippen LogP contribution in [0.4, 0.5) is 0 Å². The van der Waals surface area contributed by atoms with Crippen molar-refractivity contribution in [3.63, 3.8) is 0 Å². The van der Waals surface area contributed by atoms with Crippen molar-refractivity contribution in [2.45, 2.75) is 38.8 Å². The maximum atomic E-state index is 12.7. The predicted octanol–water partition coefficient (Wildman–Crippen LogP) is 1.95. The number of amides is 1. The van der Waals surface area contributed by atoms with Crippen LogP contribution >= 0.6 is 0 Å². The zero-order chi connectivity index (χ0) is 18.5. The van der Waals surface area contributed by atoms with E-state index in [1.54, 1.807) is 0 Å². The molecule has 1 fully saturated rings. The fourth-order valence-electron chi connectivity index (χ4n) is 3.75. The van der Waals surface area contributed by atoms with Crippen LogP contribution in [0.5, 0.6) is 11.5 Å². The Balaban J connectivity index is 1.64. The van der Waals surface area contributed by atoms with Crippen LogP contribution in [0.3, 0.4) is 0 Å². The Bertz CT molecular complexity index is 620. The molecule has 0 aromatic heterocycles. The SMILES string of the molecule is CNC1CCCN(CC(=O)NC(c2ccc3c(c2)OCCO3)C(C)C)C1. The van der Waals surface area contributed by atoms with E-state index in [0.717, 1.165) is 36.6 Å². The molecule has 0 spiro atoms.